The van der Waals surface area contributed by atoms with Gasteiger partial charge in [-0.05, 0) is 43.2 Å². The predicted octanol–water partition coefficient (Wildman–Crippen LogP) is 3.09. The Morgan fingerprint density at radius 2 is 1.76 bits per heavy atom. The third-order valence-electron chi connectivity index (χ3n) is 5.06. The van der Waals surface area contributed by atoms with E-state index in [2.05, 4.69) is 14.6 Å². The van der Waals surface area contributed by atoms with Crippen molar-refractivity contribution in [3.8, 4) is 0 Å². The first-order valence-electron chi connectivity index (χ1n) is 9.30. The standard InChI is InChI=1S/C20H20N4O4S/c25-24(26)17-7-8-19-15(14-17)6-9-20(21-19)23-12-10-16(11-13-23)22-29(27,28)18-4-2-1-3-5-18/h1-9,14,16,22H,10-13H2. The van der Waals surface area contributed by atoms with Crippen LogP contribution in [0, 0.1) is 10.1 Å². The number of sulfonamides is 1. The molecule has 1 aliphatic rings. The smallest absolute Gasteiger partial charge is 0.270 e. The molecule has 3 aromatic rings. The lowest BCUT2D eigenvalue weighted by Crippen LogP contribution is -2.44. The third kappa shape index (κ3) is 4.20. The zero-order valence-electron chi connectivity index (χ0n) is 15.6. The number of hydrogen-bond donors (Lipinski definition) is 1. The predicted molar refractivity (Wildman–Crippen MR) is 110 cm³/mol. The molecule has 9 heteroatoms. The first kappa shape index (κ1) is 19.3. The van der Waals surface area contributed by atoms with Gasteiger partial charge in [-0.25, -0.2) is 18.1 Å². The van der Waals surface area contributed by atoms with E-state index in [1.165, 1.54) is 12.1 Å². The number of piperidine rings is 1. The van der Waals surface area contributed by atoms with Crippen molar-refractivity contribution in [2.75, 3.05) is 18.0 Å². The molecule has 1 fully saturated rings. The summed E-state index contributed by atoms with van der Waals surface area (Å²) in [5, 5.41) is 11.6. The maximum atomic E-state index is 12.5. The molecule has 0 radical (unpaired) electrons. The van der Waals surface area contributed by atoms with Gasteiger partial charge in [0.1, 0.15) is 5.82 Å². The lowest BCUT2D eigenvalue weighted by Gasteiger charge is -2.33. The van der Waals surface area contributed by atoms with Gasteiger partial charge < -0.3 is 4.90 Å². The number of fused-ring (bicyclic) bond motifs is 1. The van der Waals surface area contributed by atoms with Crippen molar-refractivity contribution < 1.29 is 13.3 Å². The number of hydrogen-bond acceptors (Lipinski definition) is 6. The molecule has 2 heterocycles. The summed E-state index contributed by atoms with van der Waals surface area (Å²) in [5.74, 6) is 0.788. The van der Waals surface area contributed by atoms with Crippen molar-refractivity contribution in [2.45, 2.75) is 23.8 Å². The fraction of sp³-hybridized carbons (Fsp3) is 0.250. The van der Waals surface area contributed by atoms with Gasteiger partial charge in [0.25, 0.3) is 5.69 Å². The maximum Gasteiger partial charge on any atom is 0.270 e. The van der Waals surface area contributed by atoms with E-state index < -0.39 is 14.9 Å². The van der Waals surface area contributed by atoms with Gasteiger partial charge in [0, 0.05) is 36.7 Å². The number of nitrogens with one attached hydrogen (secondary N) is 1. The van der Waals surface area contributed by atoms with Crippen LogP contribution >= 0.6 is 0 Å². The summed E-state index contributed by atoms with van der Waals surface area (Å²) in [5.41, 5.74) is 0.735. The van der Waals surface area contributed by atoms with Crippen LogP contribution in [0.3, 0.4) is 0 Å². The molecular formula is C20H20N4O4S. The van der Waals surface area contributed by atoms with Gasteiger partial charge in [-0.1, -0.05) is 18.2 Å². The molecule has 0 aliphatic carbocycles. The Balaban J connectivity index is 1.43. The Morgan fingerprint density at radius 1 is 1.03 bits per heavy atom. The number of aromatic nitrogens is 1. The number of anilines is 1. The van der Waals surface area contributed by atoms with Crippen LogP contribution in [0.2, 0.25) is 0 Å². The Labute approximate surface area is 168 Å². The van der Waals surface area contributed by atoms with Crippen molar-refractivity contribution in [1.82, 2.24) is 9.71 Å². The van der Waals surface area contributed by atoms with Gasteiger partial charge in [-0.2, -0.15) is 0 Å². The van der Waals surface area contributed by atoms with Crippen LogP contribution in [0.15, 0.2) is 65.6 Å². The molecule has 0 saturated carbocycles. The number of benzene rings is 2. The third-order valence-corrected chi connectivity index (χ3v) is 6.60. The highest BCUT2D eigenvalue weighted by Gasteiger charge is 2.25. The minimum absolute atomic E-state index is 0.0403. The first-order valence-corrected chi connectivity index (χ1v) is 10.8. The van der Waals surface area contributed by atoms with E-state index >= 15 is 0 Å². The summed E-state index contributed by atoms with van der Waals surface area (Å²) >= 11 is 0. The number of rotatable bonds is 5. The summed E-state index contributed by atoms with van der Waals surface area (Å²) in [6, 6.07) is 16.5. The summed E-state index contributed by atoms with van der Waals surface area (Å²) < 4.78 is 27.8. The van der Waals surface area contributed by atoms with Crippen molar-refractivity contribution >= 4 is 32.4 Å². The molecule has 150 valence electrons. The SMILES string of the molecule is O=[N+]([O-])c1ccc2nc(N3CCC(NS(=O)(=O)c4ccccc4)CC3)ccc2c1. The highest BCUT2D eigenvalue weighted by molar-refractivity contribution is 7.89. The van der Waals surface area contributed by atoms with Crippen molar-refractivity contribution in [1.29, 1.82) is 0 Å². The van der Waals surface area contributed by atoms with Gasteiger partial charge in [-0.15, -0.1) is 0 Å². The molecular weight excluding hydrogens is 392 g/mol. The van der Waals surface area contributed by atoms with Gasteiger partial charge >= 0.3 is 0 Å². The molecule has 29 heavy (non-hydrogen) atoms. The second-order valence-electron chi connectivity index (χ2n) is 7.00. The second kappa shape index (κ2) is 7.76. The lowest BCUT2D eigenvalue weighted by atomic mass is 10.1. The average Bonchev–Trinajstić information content (AvgIpc) is 2.74. The topological polar surface area (TPSA) is 105 Å². The van der Waals surface area contributed by atoms with E-state index in [1.54, 1.807) is 36.4 Å². The molecule has 0 amide bonds. The van der Waals surface area contributed by atoms with Gasteiger partial charge in [-0.3, -0.25) is 10.1 Å². The van der Waals surface area contributed by atoms with Crippen LogP contribution in [-0.2, 0) is 10.0 Å². The highest BCUT2D eigenvalue weighted by atomic mass is 32.2. The summed E-state index contributed by atoms with van der Waals surface area (Å²) in [6.07, 6.45) is 1.35. The van der Waals surface area contributed by atoms with E-state index in [0.717, 1.165) is 5.82 Å². The van der Waals surface area contributed by atoms with E-state index in [4.69, 9.17) is 0 Å². The fourth-order valence-electron chi connectivity index (χ4n) is 3.51. The average molecular weight is 412 g/mol. The molecule has 1 saturated heterocycles. The minimum Gasteiger partial charge on any atom is -0.356 e. The van der Waals surface area contributed by atoms with Crippen LogP contribution in [-0.4, -0.2) is 37.5 Å². The van der Waals surface area contributed by atoms with E-state index in [0.29, 0.717) is 36.8 Å². The van der Waals surface area contributed by atoms with Crippen molar-refractivity contribution in [3.05, 3.63) is 70.8 Å². The normalized spacial score (nSPS) is 15.5. The maximum absolute atomic E-state index is 12.5. The summed E-state index contributed by atoms with van der Waals surface area (Å²) in [6.45, 7) is 1.35. The number of pyridine rings is 1. The molecule has 0 unspecified atom stereocenters. The lowest BCUT2D eigenvalue weighted by molar-refractivity contribution is -0.384. The number of nitro groups is 1. The Hall–Kier alpha value is -3.04. The number of nitro benzene ring substituents is 1. The molecule has 1 aromatic heterocycles. The molecule has 0 atom stereocenters. The highest BCUT2D eigenvalue weighted by Crippen LogP contribution is 2.25. The molecule has 1 aliphatic heterocycles. The van der Waals surface area contributed by atoms with E-state index in [1.807, 2.05) is 12.1 Å². The van der Waals surface area contributed by atoms with Crippen LogP contribution in [0.25, 0.3) is 10.9 Å². The quantitative estimate of drug-likeness (QED) is 0.510. The largest absolute Gasteiger partial charge is 0.356 e. The molecule has 0 bridgehead atoms. The number of nitrogens with zero attached hydrogens (tertiary/aromatic N) is 3. The van der Waals surface area contributed by atoms with Crippen LogP contribution in [0.1, 0.15) is 12.8 Å². The minimum atomic E-state index is -3.52. The second-order valence-corrected chi connectivity index (χ2v) is 8.71. The molecule has 8 nitrogen and oxygen atoms in total. The van der Waals surface area contributed by atoms with Gasteiger partial charge in [0.05, 0.1) is 15.3 Å². The fourth-order valence-corrected chi connectivity index (χ4v) is 4.83. The van der Waals surface area contributed by atoms with Gasteiger partial charge in [0.2, 0.25) is 10.0 Å². The van der Waals surface area contributed by atoms with Gasteiger partial charge in [0.15, 0.2) is 0 Å². The molecule has 2 aromatic carbocycles. The first-order chi connectivity index (χ1) is 13.9. The molecule has 4 rings (SSSR count). The van der Waals surface area contributed by atoms with Crippen LogP contribution in [0.5, 0.6) is 0 Å². The van der Waals surface area contributed by atoms with E-state index in [9.17, 15) is 18.5 Å². The zero-order chi connectivity index (χ0) is 20.4. The Kier molecular flexibility index (Phi) is 5.16. The van der Waals surface area contributed by atoms with Crippen LogP contribution < -0.4 is 9.62 Å². The number of non-ortho nitro benzene ring substituents is 1. The van der Waals surface area contributed by atoms with Crippen molar-refractivity contribution in [3.63, 3.8) is 0 Å². The zero-order valence-corrected chi connectivity index (χ0v) is 16.4. The molecule has 1 N–H and O–H groups in total. The molecule has 0 spiro atoms. The van der Waals surface area contributed by atoms with Crippen LogP contribution in [0.4, 0.5) is 11.5 Å². The Bertz CT molecular complexity index is 1140. The Morgan fingerprint density at radius 3 is 2.45 bits per heavy atom. The van der Waals surface area contributed by atoms with Crippen molar-refractivity contribution in [2.24, 2.45) is 0 Å². The summed E-state index contributed by atoms with van der Waals surface area (Å²) in [4.78, 5) is 17.5. The van der Waals surface area contributed by atoms with E-state index in [-0.39, 0.29) is 16.6 Å². The summed E-state index contributed by atoms with van der Waals surface area (Å²) in [7, 11) is -3.52. The monoisotopic (exact) mass is 412 g/mol.